The first kappa shape index (κ1) is 14.2. The maximum Gasteiger partial charge on any atom is 0.143 e. The molecule has 1 heterocycles. The van der Waals surface area contributed by atoms with E-state index < -0.39 is 97.1 Å². The SMILES string of the molecule is [2H]c1c([2H])c([2H])c2c(Cc3c4c([2H])c([2H])c([2H])c([2H])c4c(-c4cccc5oc6c(-c7ccccc7)cccc6c45)c4c([2H])c([2H])c([2H])c([2H])c34)c([2H])c([2H])c([2H])c2c1[2H]. The van der Waals surface area contributed by atoms with Crippen molar-refractivity contribution in [1.29, 1.82) is 0 Å². The summed E-state index contributed by atoms with van der Waals surface area (Å²) in [5.74, 6) is 0. The zero-order valence-corrected chi connectivity index (χ0v) is 23.0. The molecule has 0 saturated heterocycles. The van der Waals surface area contributed by atoms with Crippen molar-refractivity contribution in [2.75, 3.05) is 0 Å². The van der Waals surface area contributed by atoms with E-state index in [1.54, 1.807) is 18.2 Å². The Morgan fingerprint density at radius 3 is 1.91 bits per heavy atom. The van der Waals surface area contributed by atoms with Crippen molar-refractivity contribution in [2.24, 2.45) is 0 Å². The second-order valence-electron chi connectivity index (χ2n) is 10.5. The predicted molar refractivity (Wildman–Crippen MR) is 186 cm³/mol. The molecule has 44 heavy (non-hydrogen) atoms. The number of furan rings is 1. The molecular weight excluding hydrogens is 532 g/mol. The van der Waals surface area contributed by atoms with Gasteiger partial charge in [-0.3, -0.25) is 0 Å². The molecule has 0 fully saturated rings. The third-order valence-electron chi connectivity index (χ3n) is 8.10. The summed E-state index contributed by atoms with van der Waals surface area (Å²) in [6, 6.07) is 11.3. The number of rotatable bonds is 4. The summed E-state index contributed by atoms with van der Waals surface area (Å²) in [6.07, 6.45) is -0.569. The largest absolute Gasteiger partial charge is 0.455 e. The highest BCUT2D eigenvalue weighted by atomic mass is 16.3. The summed E-state index contributed by atoms with van der Waals surface area (Å²) < 4.78 is 140. The molecular formula is C43H28O. The van der Waals surface area contributed by atoms with Crippen molar-refractivity contribution in [1.82, 2.24) is 0 Å². The molecule has 0 aliphatic rings. The highest BCUT2D eigenvalue weighted by molar-refractivity contribution is 6.23. The number of para-hydroxylation sites is 1. The van der Waals surface area contributed by atoms with Gasteiger partial charge >= 0.3 is 0 Å². The van der Waals surface area contributed by atoms with Crippen molar-refractivity contribution in [3.05, 3.63) is 168 Å². The van der Waals surface area contributed by atoms with Gasteiger partial charge in [-0.1, -0.05) is 151 Å². The molecule has 0 radical (unpaired) electrons. The molecule has 9 rings (SSSR count). The quantitative estimate of drug-likeness (QED) is 0.190. The maximum absolute atomic E-state index is 9.42. The zero-order valence-electron chi connectivity index (χ0n) is 38.0. The molecule has 1 heteroatoms. The number of hydrogen-bond donors (Lipinski definition) is 0. The smallest absolute Gasteiger partial charge is 0.143 e. The van der Waals surface area contributed by atoms with Crippen LogP contribution < -0.4 is 0 Å². The Morgan fingerprint density at radius 1 is 0.500 bits per heavy atom. The minimum Gasteiger partial charge on any atom is -0.455 e. The van der Waals surface area contributed by atoms with Crippen LogP contribution in [0.1, 0.15) is 31.7 Å². The molecule has 0 atom stereocenters. The van der Waals surface area contributed by atoms with Gasteiger partial charge in [-0.25, -0.2) is 0 Å². The molecule has 9 aromatic rings. The average molecular weight is 576 g/mol. The van der Waals surface area contributed by atoms with E-state index in [1.807, 2.05) is 48.5 Å². The molecule has 0 unspecified atom stereocenters. The molecule has 8 aromatic carbocycles. The van der Waals surface area contributed by atoms with Gasteiger partial charge in [-0.15, -0.1) is 0 Å². The maximum atomic E-state index is 9.42. The van der Waals surface area contributed by atoms with Crippen LogP contribution in [-0.2, 0) is 6.42 Å². The highest BCUT2D eigenvalue weighted by Crippen LogP contribution is 2.46. The summed E-state index contributed by atoms with van der Waals surface area (Å²) in [5.41, 5.74) is 2.77. The van der Waals surface area contributed by atoms with Gasteiger partial charge in [0.05, 0.1) is 20.6 Å². The summed E-state index contributed by atoms with van der Waals surface area (Å²) >= 11 is 0. The van der Waals surface area contributed by atoms with Gasteiger partial charge in [0, 0.05) is 16.3 Å². The van der Waals surface area contributed by atoms with E-state index in [1.165, 1.54) is 0 Å². The van der Waals surface area contributed by atoms with E-state index >= 15 is 0 Å². The minimum absolute atomic E-state index is 0.0762. The van der Waals surface area contributed by atoms with Gasteiger partial charge in [-0.2, -0.15) is 0 Å². The Balaban J connectivity index is 1.52. The second kappa shape index (κ2) is 9.97. The fourth-order valence-electron chi connectivity index (χ4n) is 6.22. The molecule has 1 nitrogen and oxygen atoms in total. The van der Waals surface area contributed by atoms with E-state index in [0.29, 0.717) is 27.5 Å². The van der Waals surface area contributed by atoms with Crippen molar-refractivity contribution in [3.63, 3.8) is 0 Å². The summed E-state index contributed by atoms with van der Waals surface area (Å²) in [5, 5.41) is 0.113. The Kier molecular flexibility index (Phi) is 3.22. The topological polar surface area (TPSA) is 13.1 Å². The van der Waals surface area contributed by atoms with Gasteiger partial charge in [0.2, 0.25) is 0 Å². The fourth-order valence-corrected chi connectivity index (χ4v) is 6.22. The first-order chi connectivity index (χ1) is 28.1. The molecule has 0 bridgehead atoms. The van der Waals surface area contributed by atoms with E-state index in [9.17, 15) is 5.48 Å². The van der Waals surface area contributed by atoms with Crippen LogP contribution in [0.3, 0.4) is 0 Å². The van der Waals surface area contributed by atoms with E-state index in [2.05, 4.69) is 0 Å². The minimum atomic E-state index is -0.662. The molecule has 0 N–H and O–H groups in total. The monoisotopic (exact) mass is 575 g/mol. The summed E-state index contributed by atoms with van der Waals surface area (Å²) in [4.78, 5) is 0. The third kappa shape index (κ3) is 3.80. The van der Waals surface area contributed by atoms with Crippen LogP contribution in [0.5, 0.6) is 0 Å². The molecule has 0 aliphatic heterocycles. The average Bonchev–Trinajstić information content (AvgIpc) is 3.63. The van der Waals surface area contributed by atoms with Crippen molar-refractivity contribution < 1.29 is 25.0 Å². The predicted octanol–water partition coefficient (Wildman–Crippen LogP) is 12.0. The lowest BCUT2D eigenvalue weighted by Gasteiger charge is -2.18. The zero-order chi connectivity index (χ0) is 42.1. The van der Waals surface area contributed by atoms with E-state index in [0.717, 1.165) is 11.1 Å². The van der Waals surface area contributed by atoms with Gasteiger partial charge in [-0.05, 0) is 72.6 Å². The third-order valence-corrected chi connectivity index (χ3v) is 8.10. The molecule has 0 saturated carbocycles. The van der Waals surface area contributed by atoms with Gasteiger partial charge in [0.25, 0.3) is 0 Å². The summed E-state index contributed by atoms with van der Waals surface area (Å²) in [6.45, 7) is 0. The molecule has 0 aliphatic carbocycles. The van der Waals surface area contributed by atoms with Gasteiger partial charge < -0.3 is 4.42 Å². The Hall–Kier alpha value is -5.66. The van der Waals surface area contributed by atoms with Gasteiger partial charge in [0.1, 0.15) is 11.2 Å². The Labute approximate surface area is 276 Å². The lowest BCUT2D eigenvalue weighted by molar-refractivity contribution is 0.670. The first-order valence-electron chi connectivity index (χ1n) is 21.5. The Bertz CT molecular complexity index is 3270. The van der Waals surface area contributed by atoms with Crippen LogP contribution in [0.25, 0.3) is 76.5 Å². The lowest BCUT2D eigenvalue weighted by atomic mass is 9.84. The van der Waals surface area contributed by atoms with Crippen molar-refractivity contribution in [2.45, 2.75) is 6.42 Å². The molecule has 206 valence electrons. The van der Waals surface area contributed by atoms with Crippen LogP contribution in [0.4, 0.5) is 0 Å². The van der Waals surface area contributed by atoms with Crippen molar-refractivity contribution in [3.8, 4) is 22.3 Å². The fraction of sp³-hybridized carbons (Fsp3) is 0.0233. The van der Waals surface area contributed by atoms with Crippen molar-refractivity contribution >= 4 is 54.3 Å². The summed E-state index contributed by atoms with van der Waals surface area (Å²) in [7, 11) is 0. The lowest BCUT2D eigenvalue weighted by Crippen LogP contribution is -1.96. The first-order valence-corrected chi connectivity index (χ1v) is 14.0. The van der Waals surface area contributed by atoms with Gasteiger partial charge in [0.15, 0.2) is 0 Å². The van der Waals surface area contributed by atoms with E-state index in [4.69, 9.17) is 19.5 Å². The van der Waals surface area contributed by atoms with Crippen LogP contribution >= 0.6 is 0 Å². The standard InChI is InChI=1S/C43H28O/c1-2-13-29(14-3-1)32-23-11-25-38-42-37(24-12-26-40(42)44-43(32)38)41-35-21-8-6-19-33(35)39(34-20-7-9-22-36(34)41)27-30-17-10-16-28-15-4-5-18-31(28)30/h1-26H,27H2/i4D,5D,6D,7D,8D,9D,10D,15D,16D,17D,18D,19D,20D,21D,22D. The number of benzene rings is 8. The Morgan fingerprint density at radius 2 is 1.14 bits per heavy atom. The van der Waals surface area contributed by atoms with Crippen LogP contribution in [0.2, 0.25) is 0 Å². The molecule has 0 spiro atoms. The van der Waals surface area contributed by atoms with Crippen LogP contribution in [-0.4, -0.2) is 0 Å². The molecule has 1 aromatic heterocycles. The number of fused-ring (bicyclic) bond motifs is 6. The highest BCUT2D eigenvalue weighted by Gasteiger charge is 2.21. The molecule has 0 amide bonds. The number of hydrogen-bond acceptors (Lipinski definition) is 1. The van der Waals surface area contributed by atoms with Crippen LogP contribution in [0, 0.1) is 0 Å². The van der Waals surface area contributed by atoms with Crippen LogP contribution in [0.15, 0.2) is 162 Å². The second-order valence-corrected chi connectivity index (χ2v) is 10.5. The normalized spacial score (nSPS) is 16.5. The van der Waals surface area contributed by atoms with E-state index in [-0.39, 0.29) is 49.0 Å².